The molecule has 0 aliphatic carbocycles. The van der Waals surface area contributed by atoms with Crippen LogP contribution in [0, 0.1) is 5.92 Å². The molecular formula is C13H29N3. The molecule has 0 bridgehead atoms. The van der Waals surface area contributed by atoms with E-state index in [1.54, 1.807) is 0 Å². The minimum atomic E-state index is 0.865. The van der Waals surface area contributed by atoms with E-state index in [-0.39, 0.29) is 0 Å². The van der Waals surface area contributed by atoms with Gasteiger partial charge < -0.3 is 15.5 Å². The van der Waals surface area contributed by atoms with Crippen LogP contribution < -0.4 is 5.73 Å². The van der Waals surface area contributed by atoms with Gasteiger partial charge in [0.25, 0.3) is 0 Å². The molecule has 16 heavy (non-hydrogen) atoms. The fraction of sp³-hybridized carbons (Fsp3) is 1.00. The summed E-state index contributed by atoms with van der Waals surface area (Å²) in [7, 11) is 0. The zero-order valence-corrected chi connectivity index (χ0v) is 11.1. The third-order valence-corrected chi connectivity index (χ3v) is 3.91. The lowest BCUT2D eigenvalue weighted by atomic mass is 9.94. The van der Waals surface area contributed by atoms with E-state index >= 15 is 0 Å². The van der Waals surface area contributed by atoms with Crippen LogP contribution in [0.1, 0.15) is 33.1 Å². The van der Waals surface area contributed by atoms with E-state index in [0.29, 0.717) is 0 Å². The van der Waals surface area contributed by atoms with E-state index in [0.717, 1.165) is 12.5 Å². The van der Waals surface area contributed by atoms with Crippen molar-refractivity contribution in [2.75, 3.05) is 45.8 Å². The first kappa shape index (κ1) is 13.9. The van der Waals surface area contributed by atoms with Gasteiger partial charge in [-0.25, -0.2) is 0 Å². The monoisotopic (exact) mass is 227 g/mol. The van der Waals surface area contributed by atoms with Crippen LogP contribution in [0.3, 0.4) is 0 Å². The number of nitrogens with zero attached hydrogens (tertiary/aromatic N) is 2. The highest BCUT2D eigenvalue weighted by Gasteiger charge is 2.18. The molecule has 1 aliphatic rings. The zero-order valence-electron chi connectivity index (χ0n) is 11.1. The molecule has 1 aliphatic heterocycles. The summed E-state index contributed by atoms with van der Waals surface area (Å²) in [6, 6.07) is 0. The molecule has 1 fully saturated rings. The van der Waals surface area contributed by atoms with Crippen LogP contribution in [0.4, 0.5) is 0 Å². The van der Waals surface area contributed by atoms with Crippen LogP contribution in [0.5, 0.6) is 0 Å². The third kappa shape index (κ3) is 4.81. The first-order valence-electron chi connectivity index (χ1n) is 6.94. The summed E-state index contributed by atoms with van der Waals surface area (Å²) < 4.78 is 0. The Kier molecular flexibility index (Phi) is 7.01. The molecule has 1 rings (SSSR count). The Hall–Kier alpha value is -0.120. The van der Waals surface area contributed by atoms with Crippen molar-refractivity contribution in [3.63, 3.8) is 0 Å². The van der Waals surface area contributed by atoms with Crippen molar-refractivity contribution >= 4 is 0 Å². The molecule has 1 saturated heterocycles. The fourth-order valence-corrected chi connectivity index (χ4v) is 2.56. The van der Waals surface area contributed by atoms with Gasteiger partial charge >= 0.3 is 0 Å². The number of hydrogen-bond donors (Lipinski definition) is 1. The van der Waals surface area contributed by atoms with Crippen LogP contribution in [0.25, 0.3) is 0 Å². The second kappa shape index (κ2) is 8.04. The lowest BCUT2D eigenvalue weighted by molar-refractivity contribution is 0.157. The number of rotatable bonds is 7. The van der Waals surface area contributed by atoms with Crippen molar-refractivity contribution in [2.45, 2.75) is 33.1 Å². The lowest BCUT2D eigenvalue weighted by Gasteiger charge is -2.33. The topological polar surface area (TPSA) is 32.5 Å². The quantitative estimate of drug-likeness (QED) is 0.713. The van der Waals surface area contributed by atoms with Crippen molar-refractivity contribution in [3.05, 3.63) is 0 Å². The molecule has 0 aromatic carbocycles. The second-order valence-electron chi connectivity index (χ2n) is 4.89. The van der Waals surface area contributed by atoms with Gasteiger partial charge in [-0.1, -0.05) is 13.8 Å². The SMILES string of the molecule is CCN(CC)CCN1CCC(CCN)CC1. The minimum absolute atomic E-state index is 0.865. The summed E-state index contributed by atoms with van der Waals surface area (Å²) in [5.41, 5.74) is 5.61. The molecule has 2 N–H and O–H groups in total. The Labute approximate surface area is 101 Å². The van der Waals surface area contributed by atoms with Gasteiger partial charge in [-0.15, -0.1) is 0 Å². The van der Waals surface area contributed by atoms with E-state index in [4.69, 9.17) is 5.73 Å². The molecule has 0 aromatic rings. The van der Waals surface area contributed by atoms with Crippen molar-refractivity contribution in [2.24, 2.45) is 11.7 Å². The summed E-state index contributed by atoms with van der Waals surface area (Å²) in [5, 5.41) is 0. The molecular weight excluding hydrogens is 198 g/mol. The Bertz CT molecular complexity index is 161. The molecule has 0 unspecified atom stereocenters. The third-order valence-electron chi connectivity index (χ3n) is 3.91. The highest BCUT2D eigenvalue weighted by atomic mass is 15.2. The van der Waals surface area contributed by atoms with Gasteiger partial charge in [-0.3, -0.25) is 0 Å². The minimum Gasteiger partial charge on any atom is -0.330 e. The molecule has 0 spiro atoms. The van der Waals surface area contributed by atoms with Crippen molar-refractivity contribution in [3.8, 4) is 0 Å². The molecule has 1 heterocycles. The van der Waals surface area contributed by atoms with Gasteiger partial charge in [0.2, 0.25) is 0 Å². The Morgan fingerprint density at radius 3 is 2.31 bits per heavy atom. The molecule has 0 aromatic heterocycles. The average Bonchev–Trinajstić information content (AvgIpc) is 2.33. The molecule has 0 amide bonds. The number of piperidine rings is 1. The molecule has 0 saturated carbocycles. The van der Waals surface area contributed by atoms with Gasteiger partial charge in [0.15, 0.2) is 0 Å². The Morgan fingerprint density at radius 2 is 1.81 bits per heavy atom. The Balaban J connectivity index is 2.12. The first-order valence-corrected chi connectivity index (χ1v) is 6.94. The van der Waals surface area contributed by atoms with E-state index < -0.39 is 0 Å². The van der Waals surface area contributed by atoms with Gasteiger partial charge in [0, 0.05) is 13.1 Å². The van der Waals surface area contributed by atoms with Crippen molar-refractivity contribution in [1.29, 1.82) is 0 Å². The molecule has 3 heteroatoms. The number of nitrogens with two attached hydrogens (primary N) is 1. The summed E-state index contributed by atoms with van der Waals surface area (Å²) in [4.78, 5) is 5.12. The highest BCUT2D eigenvalue weighted by Crippen LogP contribution is 2.19. The molecule has 3 nitrogen and oxygen atoms in total. The number of likely N-dealkylation sites (tertiary alicyclic amines) is 1. The van der Waals surface area contributed by atoms with Crippen molar-refractivity contribution in [1.82, 2.24) is 9.80 Å². The van der Waals surface area contributed by atoms with Gasteiger partial charge in [0.1, 0.15) is 0 Å². The van der Waals surface area contributed by atoms with Crippen LogP contribution in [-0.4, -0.2) is 55.6 Å². The fourth-order valence-electron chi connectivity index (χ4n) is 2.56. The van der Waals surface area contributed by atoms with Gasteiger partial charge in [-0.2, -0.15) is 0 Å². The van der Waals surface area contributed by atoms with E-state index in [1.165, 1.54) is 58.5 Å². The number of likely N-dealkylation sites (N-methyl/N-ethyl adjacent to an activating group) is 1. The van der Waals surface area contributed by atoms with E-state index in [9.17, 15) is 0 Å². The largest absolute Gasteiger partial charge is 0.330 e. The highest BCUT2D eigenvalue weighted by molar-refractivity contribution is 4.73. The summed E-state index contributed by atoms with van der Waals surface area (Å²) in [6.45, 7) is 12.8. The van der Waals surface area contributed by atoms with Crippen molar-refractivity contribution < 1.29 is 0 Å². The molecule has 0 atom stereocenters. The predicted octanol–water partition coefficient (Wildman–Crippen LogP) is 1.39. The molecule has 96 valence electrons. The summed E-state index contributed by atoms with van der Waals surface area (Å²) in [6.07, 6.45) is 3.94. The second-order valence-corrected chi connectivity index (χ2v) is 4.89. The van der Waals surface area contributed by atoms with Crippen LogP contribution in [-0.2, 0) is 0 Å². The maximum atomic E-state index is 5.61. The predicted molar refractivity (Wildman–Crippen MR) is 70.6 cm³/mol. The lowest BCUT2D eigenvalue weighted by Crippen LogP contribution is -2.39. The van der Waals surface area contributed by atoms with Gasteiger partial charge in [0.05, 0.1) is 0 Å². The normalized spacial score (nSPS) is 19.5. The first-order chi connectivity index (χ1) is 7.80. The van der Waals surface area contributed by atoms with Crippen LogP contribution in [0.2, 0.25) is 0 Å². The standard InChI is InChI=1S/C13H29N3/c1-3-15(4-2)11-12-16-9-6-13(5-8-14)7-10-16/h13H,3-12,14H2,1-2H3. The smallest absolute Gasteiger partial charge is 0.0109 e. The Morgan fingerprint density at radius 1 is 1.19 bits per heavy atom. The average molecular weight is 227 g/mol. The van der Waals surface area contributed by atoms with Crippen LogP contribution >= 0.6 is 0 Å². The molecule has 0 radical (unpaired) electrons. The van der Waals surface area contributed by atoms with Crippen LogP contribution in [0.15, 0.2) is 0 Å². The maximum absolute atomic E-state index is 5.61. The summed E-state index contributed by atoms with van der Waals surface area (Å²) in [5.74, 6) is 0.898. The maximum Gasteiger partial charge on any atom is 0.0109 e. The van der Waals surface area contributed by atoms with Gasteiger partial charge in [-0.05, 0) is 57.9 Å². The number of hydrogen-bond acceptors (Lipinski definition) is 3. The van der Waals surface area contributed by atoms with E-state index in [1.807, 2.05) is 0 Å². The zero-order chi connectivity index (χ0) is 11.8. The summed E-state index contributed by atoms with van der Waals surface area (Å²) >= 11 is 0. The van der Waals surface area contributed by atoms with E-state index in [2.05, 4.69) is 23.6 Å².